The number of thiophene rings is 1. The fraction of sp³-hybridized carbons (Fsp3) is 0.267. The van der Waals surface area contributed by atoms with Gasteiger partial charge in [-0.25, -0.2) is 0 Å². The number of aryl methyl sites for hydroxylation is 1. The number of carbonyl (C=O) groups excluding carboxylic acids is 1. The number of hydrogen-bond acceptors (Lipinski definition) is 2. The number of carbonyl (C=O) groups is 1. The van der Waals surface area contributed by atoms with Crippen LogP contribution in [0.4, 0.5) is 0 Å². The van der Waals surface area contributed by atoms with Crippen LogP contribution in [-0.4, -0.2) is 5.78 Å². The van der Waals surface area contributed by atoms with Crippen LogP contribution in [0.5, 0.6) is 0 Å². The standard InChI is InChI=1S/C15H15ClOS/c1-3-12(11-7-5-4-6-8-11)14(17)13-9-10(2)15(16)18-13/h4-9,12H,3H2,1-2H3. The summed E-state index contributed by atoms with van der Waals surface area (Å²) in [7, 11) is 0. The van der Waals surface area contributed by atoms with Gasteiger partial charge in [-0.1, -0.05) is 48.9 Å². The molecule has 18 heavy (non-hydrogen) atoms. The highest BCUT2D eigenvalue weighted by atomic mass is 35.5. The molecular formula is C15H15ClOS. The minimum atomic E-state index is -0.0692. The van der Waals surface area contributed by atoms with Crippen molar-refractivity contribution in [3.05, 3.63) is 56.7 Å². The quantitative estimate of drug-likeness (QED) is 0.712. The van der Waals surface area contributed by atoms with Crippen LogP contribution < -0.4 is 0 Å². The fourth-order valence-electron chi connectivity index (χ4n) is 2.01. The Morgan fingerprint density at radius 1 is 1.33 bits per heavy atom. The molecule has 2 rings (SSSR count). The van der Waals surface area contributed by atoms with Crippen LogP contribution in [0.25, 0.3) is 0 Å². The molecule has 94 valence electrons. The zero-order chi connectivity index (χ0) is 13.1. The molecule has 1 atom stereocenters. The molecule has 0 bridgehead atoms. The summed E-state index contributed by atoms with van der Waals surface area (Å²) in [6.45, 7) is 3.97. The summed E-state index contributed by atoms with van der Waals surface area (Å²) in [6, 6.07) is 11.8. The van der Waals surface area contributed by atoms with E-state index in [0.29, 0.717) is 4.34 Å². The average Bonchev–Trinajstić information content (AvgIpc) is 2.72. The molecule has 0 aliphatic carbocycles. The van der Waals surface area contributed by atoms with E-state index in [0.717, 1.165) is 22.4 Å². The Morgan fingerprint density at radius 3 is 2.50 bits per heavy atom. The first-order valence-electron chi connectivity index (χ1n) is 5.98. The lowest BCUT2D eigenvalue weighted by Crippen LogP contribution is -2.10. The van der Waals surface area contributed by atoms with Crippen LogP contribution >= 0.6 is 22.9 Å². The zero-order valence-corrected chi connectivity index (χ0v) is 12.0. The molecule has 0 saturated heterocycles. The van der Waals surface area contributed by atoms with E-state index >= 15 is 0 Å². The Labute approximate surface area is 116 Å². The van der Waals surface area contributed by atoms with Crippen molar-refractivity contribution in [1.29, 1.82) is 0 Å². The third kappa shape index (κ3) is 2.65. The van der Waals surface area contributed by atoms with Gasteiger partial charge < -0.3 is 0 Å². The van der Waals surface area contributed by atoms with Gasteiger partial charge >= 0.3 is 0 Å². The first-order chi connectivity index (χ1) is 8.63. The van der Waals surface area contributed by atoms with Crippen molar-refractivity contribution in [3.8, 4) is 0 Å². The second kappa shape index (κ2) is 5.68. The van der Waals surface area contributed by atoms with E-state index in [9.17, 15) is 4.79 Å². The molecule has 0 spiro atoms. The summed E-state index contributed by atoms with van der Waals surface area (Å²) in [5, 5.41) is 0. The SMILES string of the molecule is CCC(C(=O)c1cc(C)c(Cl)s1)c1ccccc1. The Balaban J connectivity index is 2.31. The van der Waals surface area contributed by atoms with Gasteiger partial charge in [0.25, 0.3) is 0 Å². The molecule has 0 fully saturated rings. The van der Waals surface area contributed by atoms with Gasteiger partial charge in [-0.05, 0) is 30.5 Å². The van der Waals surface area contributed by atoms with Crippen molar-refractivity contribution in [2.24, 2.45) is 0 Å². The number of benzene rings is 1. The van der Waals surface area contributed by atoms with Gasteiger partial charge in [-0.2, -0.15) is 0 Å². The highest BCUT2D eigenvalue weighted by molar-refractivity contribution is 7.18. The lowest BCUT2D eigenvalue weighted by atomic mass is 9.91. The van der Waals surface area contributed by atoms with Gasteiger partial charge in [-0.15, -0.1) is 11.3 Å². The van der Waals surface area contributed by atoms with Gasteiger partial charge in [-0.3, -0.25) is 4.79 Å². The van der Waals surface area contributed by atoms with Crippen LogP contribution in [0.15, 0.2) is 36.4 Å². The highest BCUT2D eigenvalue weighted by Crippen LogP contribution is 2.32. The number of Topliss-reactive ketones (excluding diaryl/α,β-unsaturated/α-hetero) is 1. The maximum absolute atomic E-state index is 12.5. The van der Waals surface area contributed by atoms with Crippen LogP contribution in [0, 0.1) is 6.92 Å². The molecule has 0 aliphatic heterocycles. The zero-order valence-electron chi connectivity index (χ0n) is 10.4. The molecule has 1 heterocycles. The van der Waals surface area contributed by atoms with Gasteiger partial charge in [0.05, 0.1) is 9.21 Å². The van der Waals surface area contributed by atoms with E-state index in [4.69, 9.17) is 11.6 Å². The normalized spacial score (nSPS) is 12.4. The molecule has 0 radical (unpaired) electrons. The van der Waals surface area contributed by atoms with Crippen LogP contribution in [-0.2, 0) is 0 Å². The van der Waals surface area contributed by atoms with Gasteiger partial charge in [0.1, 0.15) is 0 Å². The molecule has 1 aromatic carbocycles. The topological polar surface area (TPSA) is 17.1 Å². The summed E-state index contributed by atoms with van der Waals surface area (Å²) in [4.78, 5) is 13.3. The maximum atomic E-state index is 12.5. The molecule has 1 unspecified atom stereocenters. The molecule has 0 saturated carbocycles. The Hall–Kier alpha value is -1.12. The van der Waals surface area contributed by atoms with Crippen LogP contribution in [0.3, 0.4) is 0 Å². The van der Waals surface area contributed by atoms with Crippen molar-refractivity contribution in [1.82, 2.24) is 0 Å². The van der Waals surface area contributed by atoms with Gasteiger partial charge in [0, 0.05) is 5.92 Å². The second-order valence-electron chi connectivity index (χ2n) is 4.30. The average molecular weight is 279 g/mol. The predicted octanol–water partition coefficient (Wildman–Crippen LogP) is 5.09. The minimum Gasteiger partial charge on any atom is -0.293 e. The first-order valence-corrected chi connectivity index (χ1v) is 7.18. The Kier molecular flexibility index (Phi) is 4.20. The van der Waals surface area contributed by atoms with E-state index in [-0.39, 0.29) is 11.7 Å². The number of hydrogen-bond donors (Lipinski definition) is 0. The highest BCUT2D eigenvalue weighted by Gasteiger charge is 2.22. The lowest BCUT2D eigenvalue weighted by molar-refractivity contribution is 0.0961. The van der Waals surface area contributed by atoms with E-state index in [1.54, 1.807) is 0 Å². The third-order valence-electron chi connectivity index (χ3n) is 3.03. The van der Waals surface area contributed by atoms with Crippen molar-refractivity contribution >= 4 is 28.7 Å². The minimum absolute atomic E-state index is 0.0692. The third-order valence-corrected chi connectivity index (χ3v) is 4.60. The fourth-order valence-corrected chi connectivity index (χ4v) is 3.21. The molecule has 2 aromatic rings. The molecule has 0 N–H and O–H groups in total. The molecule has 0 aliphatic rings. The number of halogens is 1. The van der Waals surface area contributed by atoms with Crippen molar-refractivity contribution in [2.75, 3.05) is 0 Å². The summed E-state index contributed by atoms with van der Waals surface area (Å²) >= 11 is 7.41. The molecule has 0 amide bonds. The molecular weight excluding hydrogens is 264 g/mol. The molecule has 1 aromatic heterocycles. The summed E-state index contributed by atoms with van der Waals surface area (Å²) in [6.07, 6.45) is 0.803. The summed E-state index contributed by atoms with van der Waals surface area (Å²) in [5.74, 6) is 0.101. The van der Waals surface area contributed by atoms with Gasteiger partial charge in [0.2, 0.25) is 0 Å². The Morgan fingerprint density at radius 2 is 2.00 bits per heavy atom. The summed E-state index contributed by atoms with van der Waals surface area (Å²) in [5.41, 5.74) is 2.06. The smallest absolute Gasteiger partial charge is 0.180 e. The van der Waals surface area contributed by atoms with E-state index in [1.165, 1.54) is 11.3 Å². The maximum Gasteiger partial charge on any atom is 0.180 e. The van der Waals surface area contributed by atoms with Crippen LogP contribution in [0.1, 0.15) is 40.1 Å². The second-order valence-corrected chi connectivity index (χ2v) is 5.96. The number of rotatable bonds is 4. The van der Waals surface area contributed by atoms with Gasteiger partial charge in [0.15, 0.2) is 5.78 Å². The first kappa shape index (κ1) is 13.3. The van der Waals surface area contributed by atoms with Crippen molar-refractivity contribution in [3.63, 3.8) is 0 Å². The summed E-state index contributed by atoms with van der Waals surface area (Å²) < 4.78 is 0.710. The van der Waals surface area contributed by atoms with E-state index in [1.807, 2.05) is 50.2 Å². The van der Waals surface area contributed by atoms with Crippen molar-refractivity contribution in [2.45, 2.75) is 26.2 Å². The molecule has 1 nitrogen and oxygen atoms in total. The van der Waals surface area contributed by atoms with E-state index < -0.39 is 0 Å². The number of ketones is 1. The van der Waals surface area contributed by atoms with E-state index in [2.05, 4.69) is 0 Å². The largest absolute Gasteiger partial charge is 0.293 e. The lowest BCUT2D eigenvalue weighted by Gasteiger charge is -2.12. The van der Waals surface area contributed by atoms with Crippen molar-refractivity contribution < 1.29 is 4.79 Å². The molecule has 3 heteroatoms. The van der Waals surface area contributed by atoms with Crippen LogP contribution in [0.2, 0.25) is 4.34 Å². The monoisotopic (exact) mass is 278 g/mol. The Bertz CT molecular complexity index is 525. The predicted molar refractivity (Wildman–Crippen MR) is 77.9 cm³/mol.